The van der Waals surface area contributed by atoms with Crippen molar-refractivity contribution in [2.75, 3.05) is 13.1 Å². The number of benzene rings is 1. The number of pyridine rings is 1. The van der Waals surface area contributed by atoms with Crippen LogP contribution in [0.4, 0.5) is 13.2 Å². The van der Waals surface area contributed by atoms with Gasteiger partial charge in [0.05, 0.1) is 23.5 Å². The summed E-state index contributed by atoms with van der Waals surface area (Å²) in [7, 11) is 0. The zero-order valence-electron chi connectivity index (χ0n) is 23.4. The highest BCUT2D eigenvalue weighted by Gasteiger charge is 2.50. The number of carbonyl (C=O) groups is 3. The monoisotopic (exact) mass is 598 g/mol. The van der Waals surface area contributed by atoms with Crippen molar-refractivity contribution in [3.8, 4) is 11.4 Å². The van der Waals surface area contributed by atoms with Crippen molar-refractivity contribution in [1.29, 1.82) is 0 Å². The van der Waals surface area contributed by atoms with E-state index in [1.54, 1.807) is 36.4 Å². The zero-order valence-corrected chi connectivity index (χ0v) is 23.4. The summed E-state index contributed by atoms with van der Waals surface area (Å²) in [5.74, 6) is -2.72. The molecule has 3 aliphatic rings. The van der Waals surface area contributed by atoms with E-state index in [1.807, 2.05) is 13.8 Å². The number of halogens is 3. The average molecular weight is 599 g/mol. The first-order valence-corrected chi connectivity index (χ1v) is 13.9. The van der Waals surface area contributed by atoms with Crippen LogP contribution >= 0.6 is 0 Å². The number of imide groups is 1. The van der Waals surface area contributed by atoms with E-state index in [0.717, 1.165) is 5.56 Å². The van der Waals surface area contributed by atoms with Crippen LogP contribution in [0.1, 0.15) is 66.3 Å². The molecule has 43 heavy (non-hydrogen) atoms. The van der Waals surface area contributed by atoms with Gasteiger partial charge in [0.15, 0.2) is 0 Å². The summed E-state index contributed by atoms with van der Waals surface area (Å²) in [6.07, 6.45) is -3.93. The molecule has 0 aliphatic carbocycles. The van der Waals surface area contributed by atoms with E-state index in [1.165, 1.54) is 4.90 Å². The quantitative estimate of drug-likeness (QED) is 0.424. The van der Waals surface area contributed by atoms with Gasteiger partial charge in [0.1, 0.15) is 11.6 Å². The molecule has 2 N–H and O–H groups in total. The molecule has 0 unspecified atom stereocenters. The topological polar surface area (TPSA) is 142 Å². The highest BCUT2D eigenvalue weighted by Crippen LogP contribution is 2.46. The molecule has 14 heteroatoms. The van der Waals surface area contributed by atoms with Crippen LogP contribution in [0.3, 0.4) is 0 Å². The van der Waals surface area contributed by atoms with Crippen LogP contribution in [0.5, 0.6) is 0 Å². The molecule has 11 nitrogen and oxygen atoms in total. The van der Waals surface area contributed by atoms with E-state index in [0.29, 0.717) is 48.6 Å². The molecule has 3 aromatic rings. The number of carbonyl (C=O) groups excluding carboxylic acids is 3. The second-order valence-electron chi connectivity index (χ2n) is 11.9. The molecule has 2 atom stereocenters. The minimum absolute atomic E-state index is 0.119. The van der Waals surface area contributed by atoms with Gasteiger partial charge in [-0.3, -0.25) is 29.6 Å². The van der Waals surface area contributed by atoms with Crippen LogP contribution in [0, 0.1) is 5.41 Å². The Morgan fingerprint density at radius 2 is 1.84 bits per heavy atom. The van der Waals surface area contributed by atoms with E-state index in [2.05, 4.69) is 24.9 Å². The number of hydrogen-bond acceptors (Lipinski definition) is 9. The summed E-state index contributed by atoms with van der Waals surface area (Å²) in [4.78, 5) is 48.8. The second kappa shape index (κ2) is 10.2. The molecule has 0 spiro atoms. The lowest BCUT2D eigenvalue weighted by Gasteiger charge is -2.50. The van der Waals surface area contributed by atoms with Crippen LogP contribution in [-0.4, -0.2) is 66.9 Å². The van der Waals surface area contributed by atoms with Gasteiger partial charge in [0, 0.05) is 37.0 Å². The third-order valence-electron chi connectivity index (χ3n) is 8.61. The number of piperidine rings is 2. The number of nitrogens with zero attached hydrogens (tertiary/aromatic N) is 5. The SMILES string of the molecule is CC1(C)CN(Cc2ccc(-c3noc(C(F)(F)F)n3)cc2)CC[C@]1(O)c1ccc2c(n1)CN([C@H]1CCC(=O)NC1=O)C2=O. The molecule has 0 bridgehead atoms. The van der Waals surface area contributed by atoms with Gasteiger partial charge in [-0.2, -0.15) is 18.2 Å². The first kappa shape index (κ1) is 28.9. The maximum Gasteiger partial charge on any atom is 0.471 e. The molecular formula is C29H29F3N6O5. The first-order chi connectivity index (χ1) is 20.2. The number of hydrogen-bond donors (Lipinski definition) is 2. The Morgan fingerprint density at radius 1 is 1.09 bits per heavy atom. The largest absolute Gasteiger partial charge is 0.471 e. The van der Waals surface area contributed by atoms with E-state index in [4.69, 9.17) is 4.98 Å². The van der Waals surface area contributed by atoms with Crippen molar-refractivity contribution >= 4 is 17.7 Å². The van der Waals surface area contributed by atoms with E-state index >= 15 is 0 Å². The predicted molar refractivity (Wildman–Crippen MR) is 143 cm³/mol. The Labute approximate surface area is 244 Å². The lowest BCUT2D eigenvalue weighted by Crippen LogP contribution is -2.55. The molecule has 0 radical (unpaired) electrons. The molecule has 2 saturated heterocycles. The number of likely N-dealkylation sites (tertiary alicyclic amines) is 1. The van der Waals surface area contributed by atoms with Gasteiger partial charge in [-0.05, 0) is 30.5 Å². The Bertz CT molecular complexity index is 1600. The summed E-state index contributed by atoms with van der Waals surface area (Å²) in [5.41, 5.74) is 0.714. The van der Waals surface area contributed by atoms with Gasteiger partial charge in [0.25, 0.3) is 5.91 Å². The Hall–Kier alpha value is -4.17. The molecule has 2 fully saturated rings. The van der Waals surface area contributed by atoms with Gasteiger partial charge in [-0.1, -0.05) is 43.3 Å². The molecule has 5 heterocycles. The zero-order chi connectivity index (χ0) is 30.7. The summed E-state index contributed by atoms with van der Waals surface area (Å²) in [6.45, 7) is 5.63. The lowest BCUT2D eigenvalue weighted by molar-refractivity contribution is -0.159. The van der Waals surface area contributed by atoms with Gasteiger partial charge in [-0.25, -0.2) is 0 Å². The van der Waals surface area contributed by atoms with Crippen molar-refractivity contribution in [1.82, 2.24) is 30.2 Å². The summed E-state index contributed by atoms with van der Waals surface area (Å²) < 4.78 is 42.7. The molecule has 1 aromatic carbocycles. The molecule has 6 rings (SSSR count). The summed E-state index contributed by atoms with van der Waals surface area (Å²) in [5, 5.41) is 17.7. The van der Waals surface area contributed by atoms with Crippen molar-refractivity contribution < 1.29 is 37.2 Å². The molecular weight excluding hydrogens is 569 g/mol. The smallest absolute Gasteiger partial charge is 0.383 e. The maximum atomic E-state index is 13.1. The van der Waals surface area contributed by atoms with E-state index < -0.39 is 35.0 Å². The van der Waals surface area contributed by atoms with Crippen molar-refractivity contribution in [3.05, 3.63) is 64.8 Å². The van der Waals surface area contributed by atoms with Crippen LogP contribution in [0.2, 0.25) is 0 Å². The first-order valence-electron chi connectivity index (χ1n) is 13.9. The third kappa shape index (κ3) is 5.18. The fraction of sp³-hybridized carbons (Fsp3) is 0.448. The Kier molecular flexibility index (Phi) is 6.88. The van der Waals surface area contributed by atoms with Crippen molar-refractivity contribution in [2.24, 2.45) is 5.41 Å². The van der Waals surface area contributed by atoms with Gasteiger partial charge in [0.2, 0.25) is 17.6 Å². The lowest BCUT2D eigenvalue weighted by atomic mass is 9.68. The van der Waals surface area contributed by atoms with Crippen LogP contribution in [-0.2, 0) is 34.5 Å². The molecule has 3 amide bonds. The number of aliphatic hydroxyl groups is 1. The average Bonchev–Trinajstić information content (AvgIpc) is 3.57. The Balaban J connectivity index is 1.13. The van der Waals surface area contributed by atoms with Gasteiger partial charge in [-0.15, -0.1) is 0 Å². The fourth-order valence-electron chi connectivity index (χ4n) is 6.18. The maximum absolute atomic E-state index is 13.1. The summed E-state index contributed by atoms with van der Waals surface area (Å²) >= 11 is 0. The number of aromatic nitrogens is 3. The van der Waals surface area contributed by atoms with E-state index in [-0.39, 0.29) is 37.0 Å². The molecule has 0 saturated carbocycles. The second-order valence-corrected chi connectivity index (χ2v) is 11.9. The number of amides is 3. The predicted octanol–water partition coefficient (Wildman–Crippen LogP) is 3.03. The molecule has 3 aliphatic heterocycles. The standard InChI is InChI=1S/C29H29F3N6O5/c1-27(2)15-37(13-16-3-5-17(6-4-16)23-35-26(43-36-23)29(30,31)32)12-11-28(27,42)21-9-7-18-19(33-21)14-38(25(18)41)20-8-10-22(39)34-24(20)40/h3-7,9,20,42H,8,10-15H2,1-2H3,(H,34,39,40)/t20-,28-/m0/s1. The Morgan fingerprint density at radius 3 is 2.49 bits per heavy atom. The normalized spacial score (nSPS) is 24.3. The number of alkyl halides is 3. The van der Waals surface area contributed by atoms with Gasteiger partial charge >= 0.3 is 12.1 Å². The van der Waals surface area contributed by atoms with E-state index in [9.17, 15) is 32.7 Å². The highest BCUT2D eigenvalue weighted by atomic mass is 19.4. The van der Waals surface area contributed by atoms with Gasteiger partial charge < -0.3 is 14.5 Å². The molecule has 226 valence electrons. The van der Waals surface area contributed by atoms with Crippen LogP contribution in [0.25, 0.3) is 11.4 Å². The summed E-state index contributed by atoms with van der Waals surface area (Å²) in [6, 6.07) is 9.43. The van der Waals surface area contributed by atoms with Crippen molar-refractivity contribution in [2.45, 2.75) is 64.0 Å². The minimum Gasteiger partial charge on any atom is -0.383 e. The molecule has 2 aromatic heterocycles. The van der Waals surface area contributed by atoms with Crippen molar-refractivity contribution in [3.63, 3.8) is 0 Å². The minimum atomic E-state index is -4.71. The van der Waals surface area contributed by atoms with Crippen LogP contribution in [0.15, 0.2) is 40.9 Å². The third-order valence-corrected chi connectivity index (χ3v) is 8.61. The fourth-order valence-corrected chi connectivity index (χ4v) is 6.18. The number of nitrogens with one attached hydrogen (secondary N) is 1. The number of rotatable bonds is 5. The van der Waals surface area contributed by atoms with Crippen LogP contribution < -0.4 is 5.32 Å². The highest BCUT2D eigenvalue weighted by molar-refractivity contribution is 6.05. The number of fused-ring (bicyclic) bond motifs is 1.